The fourth-order valence-electron chi connectivity index (χ4n) is 2.27. The number of hydrogen-bond donors (Lipinski definition) is 1. The minimum Gasteiger partial charge on any atom is -0.481 e. The number of carboxylic acid groups (broad SMARTS) is 1. The monoisotopic (exact) mass is 294 g/mol. The zero-order chi connectivity index (χ0) is 14.7. The lowest BCUT2D eigenvalue weighted by molar-refractivity contribution is -0.136. The normalized spacial score (nSPS) is 10.7. The van der Waals surface area contributed by atoms with E-state index in [1.165, 1.54) is 10.8 Å². The maximum atomic E-state index is 10.9. The smallest absolute Gasteiger partial charge is 0.307 e. The number of fused-ring (bicyclic) bond motifs is 1. The first-order valence-electron chi connectivity index (χ1n) is 6.69. The van der Waals surface area contributed by atoms with E-state index in [4.69, 9.17) is 5.11 Å². The molecule has 0 unspecified atom stereocenters. The molecule has 0 saturated carbocycles. The highest BCUT2D eigenvalue weighted by Gasteiger charge is 2.08. The van der Waals surface area contributed by atoms with Crippen LogP contribution in [0.4, 0.5) is 0 Å². The van der Waals surface area contributed by atoms with Crippen LogP contribution >= 0.6 is 11.8 Å². The van der Waals surface area contributed by atoms with Gasteiger partial charge in [-0.15, -0.1) is 0 Å². The first-order valence-corrected chi connectivity index (χ1v) is 7.50. The Balaban J connectivity index is 1.93. The van der Waals surface area contributed by atoms with E-state index in [9.17, 15) is 4.79 Å². The predicted octanol–water partition coefficient (Wildman–Crippen LogP) is 4.62. The van der Waals surface area contributed by atoms with Crippen LogP contribution in [0.15, 0.2) is 76.5 Å². The van der Waals surface area contributed by atoms with E-state index in [-0.39, 0.29) is 6.42 Å². The molecule has 104 valence electrons. The average Bonchev–Trinajstić information content (AvgIpc) is 2.49. The van der Waals surface area contributed by atoms with E-state index in [2.05, 4.69) is 30.3 Å². The summed E-state index contributed by atoms with van der Waals surface area (Å²) in [4.78, 5) is 13.1. The molecule has 0 aliphatic rings. The molecule has 0 spiro atoms. The van der Waals surface area contributed by atoms with Crippen LogP contribution in [0.5, 0.6) is 0 Å². The van der Waals surface area contributed by atoms with Crippen LogP contribution in [-0.4, -0.2) is 11.1 Å². The third kappa shape index (κ3) is 3.26. The Labute approximate surface area is 127 Å². The highest BCUT2D eigenvalue weighted by molar-refractivity contribution is 7.99. The van der Waals surface area contributed by atoms with E-state index >= 15 is 0 Å². The van der Waals surface area contributed by atoms with Crippen molar-refractivity contribution in [3.63, 3.8) is 0 Å². The summed E-state index contributed by atoms with van der Waals surface area (Å²) in [5, 5.41) is 11.4. The maximum absolute atomic E-state index is 10.9. The van der Waals surface area contributed by atoms with Gasteiger partial charge in [-0.3, -0.25) is 4.79 Å². The van der Waals surface area contributed by atoms with Crippen molar-refractivity contribution >= 4 is 28.5 Å². The lowest BCUT2D eigenvalue weighted by atomic mass is 10.1. The van der Waals surface area contributed by atoms with Gasteiger partial charge in [0, 0.05) is 9.79 Å². The molecule has 0 aromatic heterocycles. The number of benzene rings is 3. The summed E-state index contributed by atoms with van der Waals surface area (Å²) >= 11 is 1.61. The molecule has 0 aliphatic carbocycles. The fourth-order valence-corrected chi connectivity index (χ4v) is 3.26. The molecule has 0 saturated heterocycles. The zero-order valence-electron chi connectivity index (χ0n) is 11.3. The van der Waals surface area contributed by atoms with Crippen LogP contribution in [0.2, 0.25) is 0 Å². The van der Waals surface area contributed by atoms with Crippen molar-refractivity contribution in [3.8, 4) is 0 Å². The molecule has 0 amide bonds. The van der Waals surface area contributed by atoms with Crippen LogP contribution in [0.3, 0.4) is 0 Å². The summed E-state index contributed by atoms with van der Waals surface area (Å²) < 4.78 is 0. The third-order valence-corrected chi connectivity index (χ3v) is 4.37. The van der Waals surface area contributed by atoms with Crippen molar-refractivity contribution in [1.29, 1.82) is 0 Å². The van der Waals surface area contributed by atoms with Crippen molar-refractivity contribution in [2.45, 2.75) is 16.2 Å². The lowest BCUT2D eigenvalue weighted by Crippen LogP contribution is -2.01. The molecular formula is C18H14O2S. The molecule has 0 fully saturated rings. The van der Waals surface area contributed by atoms with Gasteiger partial charge in [0.1, 0.15) is 0 Å². The van der Waals surface area contributed by atoms with Crippen LogP contribution in [-0.2, 0) is 11.2 Å². The van der Waals surface area contributed by atoms with Crippen molar-refractivity contribution in [1.82, 2.24) is 0 Å². The van der Waals surface area contributed by atoms with Crippen molar-refractivity contribution in [3.05, 3.63) is 72.3 Å². The summed E-state index contributed by atoms with van der Waals surface area (Å²) in [6, 6.07) is 22.2. The van der Waals surface area contributed by atoms with Crippen molar-refractivity contribution < 1.29 is 9.90 Å². The van der Waals surface area contributed by atoms with Gasteiger partial charge in [0.2, 0.25) is 0 Å². The second-order valence-electron chi connectivity index (χ2n) is 4.79. The minimum absolute atomic E-state index is 0.0523. The Morgan fingerprint density at radius 3 is 2.43 bits per heavy atom. The fraction of sp³-hybridized carbons (Fsp3) is 0.0556. The Hall–Kier alpha value is -2.26. The highest BCUT2D eigenvalue weighted by Crippen LogP contribution is 2.32. The SMILES string of the molecule is O=C(O)Cc1ccccc1Sc1ccc2ccccc2c1. The van der Waals surface area contributed by atoms with Gasteiger partial charge in [0.05, 0.1) is 6.42 Å². The van der Waals surface area contributed by atoms with E-state index < -0.39 is 5.97 Å². The highest BCUT2D eigenvalue weighted by atomic mass is 32.2. The number of aliphatic carboxylic acids is 1. The quantitative estimate of drug-likeness (QED) is 0.763. The largest absolute Gasteiger partial charge is 0.481 e. The minimum atomic E-state index is -0.804. The number of hydrogen-bond acceptors (Lipinski definition) is 2. The second kappa shape index (κ2) is 6.02. The number of carboxylic acids is 1. The molecule has 0 bridgehead atoms. The Kier molecular flexibility index (Phi) is 3.93. The van der Waals surface area contributed by atoms with Gasteiger partial charge >= 0.3 is 5.97 Å². The Bertz CT molecular complexity index is 796. The van der Waals surface area contributed by atoms with Crippen molar-refractivity contribution in [2.24, 2.45) is 0 Å². The van der Waals surface area contributed by atoms with Crippen LogP contribution < -0.4 is 0 Å². The molecule has 1 N–H and O–H groups in total. The Morgan fingerprint density at radius 1 is 0.905 bits per heavy atom. The lowest BCUT2D eigenvalue weighted by Gasteiger charge is -2.08. The van der Waals surface area contributed by atoms with Gasteiger partial charge in [0.25, 0.3) is 0 Å². The van der Waals surface area contributed by atoms with Gasteiger partial charge < -0.3 is 5.11 Å². The average molecular weight is 294 g/mol. The van der Waals surface area contributed by atoms with Crippen LogP contribution in [0.25, 0.3) is 10.8 Å². The van der Waals surface area contributed by atoms with Crippen molar-refractivity contribution in [2.75, 3.05) is 0 Å². The standard InChI is InChI=1S/C18H14O2S/c19-18(20)12-15-7-3-4-8-17(15)21-16-10-9-13-5-1-2-6-14(13)11-16/h1-11H,12H2,(H,19,20). The second-order valence-corrected chi connectivity index (χ2v) is 5.90. The molecule has 2 nitrogen and oxygen atoms in total. The molecule has 3 rings (SSSR count). The molecule has 0 radical (unpaired) electrons. The number of rotatable bonds is 4. The molecule has 3 aromatic carbocycles. The van der Waals surface area contributed by atoms with Gasteiger partial charge in [-0.05, 0) is 34.5 Å². The molecule has 3 heteroatoms. The van der Waals surface area contributed by atoms with Gasteiger partial charge in [-0.2, -0.15) is 0 Å². The summed E-state index contributed by atoms with van der Waals surface area (Å²) in [7, 11) is 0. The van der Waals surface area contributed by atoms with E-state index in [0.29, 0.717) is 0 Å². The van der Waals surface area contributed by atoms with E-state index in [1.54, 1.807) is 11.8 Å². The third-order valence-electron chi connectivity index (χ3n) is 3.26. The summed E-state index contributed by atoms with van der Waals surface area (Å²) in [6.07, 6.45) is 0.0523. The Morgan fingerprint density at radius 2 is 1.62 bits per heavy atom. The predicted molar refractivity (Wildman–Crippen MR) is 85.9 cm³/mol. The van der Waals surface area contributed by atoms with Crippen LogP contribution in [0.1, 0.15) is 5.56 Å². The molecule has 0 atom stereocenters. The zero-order valence-corrected chi connectivity index (χ0v) is 12.1. The van der Waals surface area contributed by atoms with Crippen LogP contribution in [0, 0.1) is 0 Å². The van der Waals surface area contributed by atoms with Gasteiger partial charge in [0.15, 0.2) is 0 Å². The first kappa shape index (κ1) is 13.7. The van der Waals surface area contributed by atoms with E-state index in [1.807, 2.05) is 36.4 Å². The summed E-state index contributed by atoms with van der Waals surface area (Å²) in [6.45, 7) is 0. The molecule has 3 aromatic rings. The van der Waals surface area contributed by atoms with E-state index in [0.717, 1.165) is 15.4 Å². The molecule has 21 heavy (non-hydrogen) atoms. The summed E-state index contributed by atoms with van der Waals surface area (Å²) in [5.74, 6) is -0.804. The topological polar surface area (TPSA) is 37.3 Å². The number of carbonyl (C=O) groups is 1. The first-order chi connectivity index (χ1) is 10.2. The summed E-state index contributed by atoms with van der Waals surface area (Å²) in [5.41, 5.74) is 0.850. The molecule has 0 heterocycles. The maximum Gasteiger partial charge on any atom is 0.307 e. The van der Waals surface area contributed by atoms with Gasteiger partial charge in [-0.1, -0.05) is 60.3 Å². The molecular weight excluding hydrogens is 280 g/mol. The molecule has 0 aliphatic heterocycles. The van der Waals surface area contributed by atoms with Gasteiger partial charge in [-0.25, -0.2) is 0 Å².